The molecule has 3 rings (SSSR count). The van der Waals surface area contributed by atoms with Crippen LogP contribution in [0.1, 0.15) is 31.8 Å². The van der Waals surface area contributed by atoms with E-state index in [0.29, 0.717) is 36.0 Å². The molecule has 0 aliphatic carbocycles. The van der Waals surface area contributed by atoms with Gasteiger partial charge in [-0.25, -0.2) is 5.43 Å². The number of amides is 2. The topological polar surface area (TPSA) is 123 Å². The zero-order chi connectivity index (χ0) is 26.6. The molecule has 0 bridgehead atoms. The predicted octanol–water partition coefficient (Wildman–Crippen LogP) is 3.15. The number of carbonyl (C=O) groups is 2. The number of anilines is 1. The van der Waals surface area contributed by atoms with Crippen LogP contribution in [0.25, 0.3) is 0 Å². The lowest BCUT2D eigenvalue weighted by molar-refractivity contribution is 0.0956. The van der Waals surface area contributed by atoms with Crippen LogP contribution in [0.4, 0.5) is 5.69 Å². The maximum Gasteiger partial charge on any atom is 0.273 e. The van der Waals surface area contributed by atoms with Gasteiger partial charge in [-0.3, -0.25) is 14.5 Å². The summed E-state index contributed by atoms with van der Waals surface area (Å²) in [5.41, 5.74) is 4.88. The molecule has 9 nitrogen and oxygen atoms in total. The van der Waals surface area contributed by atoms with Crippen LogP contribution in [0.5, 0.6) is 5.75 Å². The molecule has 0 fully saturated rings. The first-order valence-electron chi connectivity index (χ1n) is 11.5. The summed E-state index contributed by atoms with van der Waals surface area (Å²) in [4.78, 5) is 27.7. The summed E-state index contributed by atoms with van der Waals surface area (Å²) in [6.07, 6.45) is 1.49. The van der Waals surface area contributed by atoms with E-state index in [9.17, 15) is 19.8 Å². The van der Waals surface area contributed by atoms with E-state index in [1.807, 2.05) is 11.0 Å². The van der Waals surface area contributed by atoms with E-state index in [1.54, 1.807) is 61.7 Å². The number of hydrogen-bond acceptors (Lipinski definition) is 7. The standard InChI is InChI=1S/C27H29ClN4O5/c1-37-23-8-5-19(6-9-23)17-29-31-27(36)24-16-22(28)7-10-25(24)30-26(35)21-4-2-3-20(15-21)18-32(11-13-33)12-14-34/h2-10,15-17,33-34H,11-14,18H2,1H3,(H,30,35)(H,31,36). The van der Waals surface area contributed by atoms with Gasteiger partial charge in [0, 0.05) is 30.2 Å². The summed E-state index contributed by atoms with van der Waals surface area (Å²) < 4.78 is 5.12. The van der Waals surface area contributed by atoms with Crippen LogP contribution in [0.2, 0.25) is 5.02 Å². The molecule has 10 heteroatoms. The van der Waals surface area contributed by atoms with Crippen molar-refractivity contribution in [2.45, 2.75) is 6.54 Å². The molecule has 37 heavy (non-hydrogen) atoms. The van der Waals surface area contributed by atoms with E-state index >= 15 is 0 Å². The molecule has 0 radical (unpaired) electrons. The second-order valence-electron chi connectivity index (χ2n) is 8.04. The highest BCUT2D eigenvalue weighted by Gasteiger charge is 2.16. The lowest BCUT2D eigenvalue weighted by Crippen LogP contribution is -2.29. The van der Waals surface area contributed by atoms with Crippen molar-refractivity contribution >= 4 is 35.3 Å². The highest BCUT2D eigenvalue weighted by Crippen LogP contribution is 2.22. The first-order valence-corrected chi connectivity index (χ1v) is 11.9. The van der Waals surface area contributed by atoms with Gasteiger partial charge in [-0.15, -0.1) is 0 Å². The third kappa shape index (κ3) is 8.40. The molecule has 4 N–H and O–H groups in total. The summed E-state index contributed by atoms with van der Waals surface area (Å²) in [7, 11) is 1.58. The third-order valence-corrected chi connectivity index (χ3v) is 5.63. The minimum atomic E-state index is -0.542. The molecule has 0 saturated heterocycles. The van der Waals surface area contributed by atoms with Crippen LogP contribution in [-0.2, 0) is 6.54 Å². The first-order chi connectivity index (χ1) is 17.9. The monoisotopic (exact) mass is 524 g/mol. The van der Waals surface area contributed by atoms with Crippen molar-refractivity contribution in [3.63, 3.8) is 0 Å². The average molecular weight is 525 g/mol. The van der Waals surface area contributed by atoms with Crippen molar-refractivity contribution < 1.29 is 24.5 Å². The second kappa shape index (κ2) is 14.1. The van der Waals surface area contributed by atoms with Crippen LogP contribution in [0.3, 0.4) is 0 Å². The average Bonchev–Trinajstić information content (AvgIpc) is 2.90. The van der Waals surface area contributed by atoms with Crippen molar-refractivity contribution in [2.75, 3.05) is 38.7 Å². The van der Waals surface area contributed by atoms with Crippen LogP contribution in [0, 0.1) is 0 Å². The first kappa shape index (κ1) is 27.8. The van der Waals surface area contributed by atoms with Gasteiger partial charge in [0.05, 0.1) is 37.8 Å². The van der Waals surface area contributed by atoms with Crippen molar-refractivity contribution in [2.24, 2.45) is 5.10 Å². The number of aliphatic hydroxyl groups excluding tert-OH is 2. The number of rotatable bonds is 12. The predicted molar refractivity (Wildman–Crippen MR) is 143 cm³/mol. The van der Waals surface area contributed by atoms with E-state index in [2.05, 4.69) is 15.8 Å². The Morgan fingerprint density at radius 3 is 2.41 bits per heavy atom. The Hall–Kier alpha value is -3.76. The highest BCUT2D eigenvalue weighted by molar-refractivity contribution is 6.31. The van der Waals surface area contributed by atoms with Crippen LogP contribution in [0.15, 0.2) is 71.8 Å². The minimum Gasteiger partial charge on any atom is -0.497 e. The van der Waals surface area contributed by atoms with Gasteiger partial charge in [-0.2, -0.15) is 5.10 Å². The van der Waals surface area contributed by atoms with Gasteiger partial charge >= 0.3 is 0 Å². The number of carbonyl (C=O) groups excluding carboxylic acids is 2. The van der Waals surface area contributed by atoms with Crippen LogP contribution >= 0.6 is 11.6 Å². The fraction of sp³-hybridized carbons (Fsp3) is 0.222. The Bertz CT molecular complexity index is 1230. The maximum absolute atomic E-state index is 13.0. The van der Waals surface area contributed by atoms with Crippen LogP contribution < -0.4 is 15.5 Å². The summed E-state index contributed by atoms with van der Waals surface area (Å²) in [6.45, 7) is 1.20. The Morgan fingerprint density at radius 2 is 1.73 bits per heavy atom. The lowest BCUT2D eigenvalue weighted by Gasteiger charge is -2.20. The van der Waals surface area contributed by atoms with E-state index < -0.39 is 11.8 Å². The SMILES string of the molecule is COc1ccc(C=NNC(=O)c2cc(Cl)ccc2NC(=O)c2cccc(CN(CCO)CCO)c2)cc1. The Labute approximate surface area is 220 Å². The maximum atomic E-state index is 13.0. The van der Waals surface area contributed by atoms with Crippen molar-refractivity contribution in [1.82, 2.24) is 10.3 Å². The summed E-state index contributed by atoms with van der Waals surface area (Å²) >= 11 is 6.11. The summed E-state index contributed by atoms with van der Waals surface area (Å²) in [5.74, 6) is -0.241. The van der Waals surface area contributed by atoms with E-state index in [0.717, 1.165) is 11.1 Å². The summed E-state index contributed by atoms with van der Waals surface area (Å²) in [6, 6.07) is 18.7. The Kier molecular flexibility index (Phi) is 10.6. The molecule has 0 atom stereocenters. The molecule has 0 aliphatic rings. The molecule has 0 spiro atoms. The Balaban J connectivity index is 1.71. The molecule has 0 unspecified atom stereocenters. The van der Waals surface area contributed by atoms with Crippen LogP contribution in [-0.4, -0.2) is 66.6 Å². The number of halogens is 1. The molecule has 0 saturated carbocycles. The van der Waals surface area contributed by atoms with E-state index in [1.165, 1.54) is 12.3 Å². The van der Waals surface area contributed by atoms with Gasteiger partial charge in [0.25, 0.3) is 11.8 Å². The quantitative estimate of drug-likeness (QED) is 0.213. The number of hydrazone groups is 1. The smallest absolute Gasteiger partial charge is 0.273 e. The minimum absolute atomic E-state index is 0.0360. The fourth-order valence-electron chi connectivity index (χ4n) is 3.55. The molecule has 0 aromatic heterocycles. The zero-order valence-corrected chi connectivity index (χ0v) is 21.1. The number of nitrogens with zero attached hydrogens (tertiary/aromatic N) is 2. The normalized spacial score (nSPS) is 11.1. The highest BCUT2D eigenvalue weighted by atomic mass is 35.5. The van der Waals surface area contributed by atoms with Gasteiger partial charge in [0.2, 0.25) is 0 Å². The summed E-state index contributed by atoms with van der Waals surface area (Å²) in [5, 5.41) is 25.5. The molecule has 3 aromatic carbocycles. The lowest BCUT2D eigenvalue weighted by atomic mass is 10.1. The molecule has 0 heterocycles. The largest absolute Gasteiger partial charge is 0.497 e. The number of benzene rings is 3. The third-order valence-electron chi connectivity index (χ3n) is 5.40. The molecule has 2 amide bonds. The molecular formula is C27H29ClN4O5. The van der Waals surface area contributed by atoms with Crippen molar-refractivity contribution in [3.05, 3.63) is 94.0 Å². The second-order valence-corrected chi connectivity index (χ2v) is 8.48. The number of ether oxygens (including phenoxy) is 1. The number of nitrogens with one attached hydrogen (secondary N) is 2. The number of hydrogen-bond donors (Lipinski definition) is 4. The molecular weight excluding hydrogens is 496 g/mol. The zero-order valence-electron chi connectivity index (χ0n) is 20.4. The van der Waals surface area contributed by atoms with E-state index in [4.69, 9.17) is 16.3 Å². The van der Waals surface area contributed by atoms with Crippen molar-refractivity contribution in [1.29, 1.82) is 0 Å². The van der Waals surface area contributed by atoms with Gasteiger partial charge in [-0.1, -0.05) is 23.7 Å². The van der Waals surface area contributed by atoms with Gasteiger partial charge in [0.15, 0.2) is 0 Å². The van der Waals surface area contributed by atoms with Gasteiger partial charge in [0.1, 0.15) is 5.75 Å². The van der Waals surface area contributed by atoms with Gasteiger partial charge in [-0.05, 0) is 65.7 Å². The van der Waals surface area contributed by atoms with E-state index in [-0.39, 0.29) is 24.5 Å². The number of aliphatic hydroxyl groups is 2. The molecule has 0 aliphatic heterocycles. The fourth-order valence-corrected chi connectivity index (χ4v) is 3.72. The Morgan fingerprint density at radius 1 is 1.00 bits per heavy atom. The molecule has 3 aromatic rings. The van der Waals surface area contributed by atoms with Crippen molar-refractivity contribution in [3.8, 4) is 5.75 Å². The molecule has 194 valence electrons. The van der Waals surface area contributed by atoms with Gasteiger partial charge < -0.3 is 20.3 Å². The number of methoxy groups -OCH3 is 1.